The first-order chi connectivity index (χ1) is 9.65. The number of hydrogen-bond acceptors (Lipinski definition) is 3. The quantitative estimate of drug-likeness (QED) is 0.733. The van der Waals surface area contributed by atoms with Crippen molar-refractivity contribution in [3.8, 4) is 0 Å². The van der Waals surface area contributed by atoms with Gasteiger partial charge < -0.3 is 14.0 Å². The van der Waals surface area contributed by atoms with Crippen molar-refractivity contribution in [2.75, 3.05) is 13.2 Å². The van der Waals surface area contributed by atoms with E-state index >= 15 is 0 Å². The highest BCUT2D eigenvalue weighted by atomic mass is 19.2. The largest absolute Gasteiger partial charge is 0.353 e. The van der Waals surface area contributed by atoms with Gasteiger partial charge >= 0.3 is 0 Å². The molecular weight excluding hydrogens is 266 g/mol. The number of fused-ring (bicyclic) bond motifs is 1. The van der Waals surface area contributed by atoms with E-state index in [-0.39, 0.29) is 6.29 Å². The number of imidazole rings is 1. The highest BCUT2D eigenvalue weighted by molar-refractivity contribution is 5.75. The fourth-order valence-corrected chi connectivity index (χ4v) is 2.06. The number of aromatic nitrogens is 2. The van der Waals surface area contributed by atoms with Gasteiger partial charge in [0.05, 0.1) is 17.4 Å². The molecule has 0 aliphatic carbocycles. The number of hydrogen-bond donors (Lipinski definition) is 0. The molecular formula is C14H18F2N2O2. The van der Waals surface area contributed by atoms with E-state index in [9.17, 15) is 8.78 Å². The van der Waals surface area contributed by atoms with Gasteiger partial charge in [0, 0.05) is 38.3 Å². The van der Waals surface area contributed by atoms with Crippen LogP contribution >= 0.6 is 0 Å². The maximum atomic E-state index is 13.3. The molecule has 0 spiro atoms. The van der Waals surface area contributed by atoms with E-state index in [1.54, 1.807) is 10.9 Å². The van der Waals surface area contributed by atoms with Gasteiger partial charge in [0.1, 0.15) is 0 Å². The minimum Gasteiger partial charge on any atom is -0.353 e. The SMILES string of the molecule is CCOC(CCn1cnc2cc(F)c(F)cc21)OCC. The number of aryl methyl sites for hydroxylation is 1. The van der Waals surface area contributed by atoms with Crippen LogP contribution in [0.25, 0.3) is 11.0 Å². The first-order valence-electron chi connectivity index (χ1n) is 6.68. The van der Waals surface area contributed by atoms with E-state index in [0.717, 1.165) is 12.1 Å². The minimum atomic E-state index is -0.885. The van der Waals surface area contributed by atoms with E-state index in [1.807, 2.05) is 13.8 Å². The Balaban J connectivity index is 2.11. The zero-order chi connectivity index (χ0) is 14.5. The van der Waals surface area contributed by atoms with Crippen molar-refractivity contribution in [1.29, 1.82) is 0 Å². The third-order valence-corrected chi connectivity index (χ3v) is 2.97. The summed E-state index contributed by atoms with van der Waals surface area (Å²) in [7, 11) is 0. The molecule has 0 N–H and O–H groups in total. The van der Waals surface area contributed by atoms with Crippen LogP contribution in [0.1, 0.15) is 20.3 Å². The molecule has 20 heavy (non-hydrogen) atoms. The molecule has 1 heterocycles. The van der Waals surface area contributed by atoms with Gasteiger partial charge in [-0.25, -0.2) is 13.8 Å². The summed E-state index contributed by atoms with van der Waals surface area (Å²) in [5.74, 6) is -1.75. The second kappa shape index (κ2) is 6.76. The molecule has 4 nitrogen and oxygen atoms in total. The number of ether oxygens (including phenoxy) is 2. The Morgan fingerprint density at radius 1 is 1.15 bits per heavy atom. The summed E-state index contributed by atoms with van der Waals surface area (Å²) in [6, 6.07) is 2.26. The van der Waals surface area contributed by atoms with Crippen LogP contribution in [0, 0.1) is 11.6 Å². The van der Waals surface area contributed by atoms with Gasteiger partial charge in [-0.05, 0) is 13.8 Å². The molecule has 0 saturated heterocycles. The van der Waals surface area contributed by atoms with Crippen molar-refractivity contribution in [2.24, 2.45) is 0 Å². The summed E-state index contributed by atoms with van der Waals surface area (Å²) in [4.78, 5) is 4.07. The highest BCUT2D eigenvalue weighted by Gasteiger charge is 2.12. The van der Waals surface area contributed by atoms with Gasteiger partial charge in [0.25, 0.3) is 0 Å². The summed E-state index contributed by atoms with van der Waals surface area (Å²) >= 11 is 0. The molecule has 2 rings (SSSR count). The standard InChI is InChI=1S/C14H18F2N2O2/c1-3-19-14(20-4-2)5-6-18-9-17-12-7-10(15)11(16)8-13(12)18/h7-9,14H,3-6H2,1-2H3. The van der Waals surface area contributed by atoms with Crippen molar-refractivity contribution in [2.45, 2.75) is 33.1 Å². The smallest absolute Gasteiger partial charge is 0.161 e. The van der Waals surface area contributed by atoms with Gasteiger partial charge in [0.15, 0.2) is 17.9 Å². The predicted molar refractivity (Wildman–Crippen MR) is 71.3 cm³/mol. The Morgan fingerprint density at radius 2 is 1.80 bits per heavy atom. The Labute approximate surface area is 116 Å². The summed E-state index contributed by atoms with van der Waals surface area (Å²) in [5.41, 5.74) is 1.00. The predicted octanol–water partition coefficient (Wildman–Crippen LogP) is 3.10. The first kappa shape index (κ1) is 14.9. The van der Waals surface area contributed by atoms with E-state index in [0.29, 0.717) is 37.2 Å². The van der Waals surface area contributed by atoms with E-state index in [2.05, 4.69) is 4.98 Å². The van der Waals surface area contributed by atoms with Crippen LogP contribution in [0.2, 0.25) is 0 Å². The minimum absolute atomic E-state index is 0.298. The third kappa shape index (κ3) is 3.32. The Kier molecular flexibility index (Phi) is 5.03. The molecule has 0 radical (unpaired) electrons. The summed E-state index contributed by atoms with van der Waals surface area (Å²) in [6.45, 7) is 5.49. The molecule has 0 amide bonds. The number of halogens is 2. The molecule has 0 saturated carbocycles. The molecule has 1 aromatic carbocycles. The zero-order valence-electron chi connectivity index (χ0n) is 11.6. The molecule has 2 aromatic rings. The second-order valence-electron chi connectivity index (χ2n) is 4.32. The fourth-order valence-electron chi connectivity index (χ4n) is 2.06. The van der Waals surface area contributed by atoms with Gasteiger partial charge in [-0.15, -0.1) is 0 Å². The molecule has 0 fully saturated rings. The second-order valence-corrected chi connectivity index (χ2v) is 4.32. The fraction of sp³-hybridized carbons (Fsp3) is 0.500. The zero-order valence-corrected chi connectivity index (χ0v) is 11.6. The van der Waals surface area contributed by atoms with E-state index < -0.39 is 11.6 Å². The normalized spacial score (nSPS) is 11.7. The number of nitrogens with zero attached hydrogens (tertiary/aromatic N) is 2. The Hall–Kier alpha value is -1.53. The molecule has 0 aliphatic heterocycles. The van der Waals surface area contributed by atoms with Crippen molar-refractivity contribution < 1.29 is 18.3 Å². The van der Waals surface area contributed by atoms with Crippen LogP contribution in [0.3, 0.4) is 0 Å². The van der Waals surface area contributed by atoms with Crippen LogP contribution in [0.15, 0.2) is 18.5 Å². The lowest BCUT2D eigenvalue weighted by atomic mass is 10.3. The Bertz CT molecular complexity index is 566. The molecule has 6 heteroatoms. The molecule has 0 unspecified atom stereocenters. The van der Waals surface area contributed by atoms with Gasteiger partial charge in [-0.2, -0.15) is 0 Å². The first-order valence-corrected chi connectivity index (χ1v) is 6.68. The van der Waals surface area contributed by atoms with Gasteiger partial charge in [-0.1, -0.05) is 0 Å². The van der Waals surface area contributed by atoms with Crippen molar-refractivity contribution in [3.05, 3.63) is 30.1 Å². The summed E-state index contributed by atoms with van der Waals surface area (Å²) < 4.78 is 39.0. The lowest BCUT2D eigenvalue weighted by Crippen LogP contribution is -2.19. The molecule has 1 aromatic heterocycles. The van der Waals surface area contributed by atoms with Crippen LogP contribution in [-0.4, -0.2) is 29.1 Å². The van der Waals surface area contributed by atoms with Crippen LogP contribution in [0.4, 0.5) is 8.78 Å². The molecule has 110 valence electrons. The van der Waals surface area contributed by atoms with Gasteiger partial charge in [-0.3, -0.25) is 0 Å². The highest BCUT2D eigenvalue weighted by Crippen LogP contribution is 2.18. The third-order valence-electron chi connectivity index (χ3n) is 2.97. The lowest BCUT2D eigenvalue weighted by Gasteiger charge is -2.17. The Morgan fingerprint density at radius 3 is 2.45 bits per heavy atom. The summed E-state index contributed by atoms with van der Waals surface area (Å²) in [6.07, 6.45) is 1.89. The molecule has 0 aliphatic rings. The maximum absolute atomic E-state index is 13.3. The van der Waals surface area contributed by atoms with E-state index in [1.165, 1.54) is 0 Å². The average molecular weight is 284 g/mol. The van der Waals surface area contributed by atoms with Crippen LogP contribution in [-0.2, 0) is 16.0 Å². The monoisotopic (exact) mass is 284 g/mol. The topological polar surface area (TPSA) is 36.3 Å². The summed E-state index contributed by atoms with van der Waals surface area (Å²) in [5, 5.41) is 0. The lowest BCUT2D eigenvalue weighted by molar-refractivity contribution is -0.140. The van der Waals surface area contributed by atoms with Crippen LogP contribution in [0.5, 0.6) is 0 Å². The number of rotatable bonds is 7. The van der Waals surface area contributed by atoms with Crippen LogP contribution < -0.4 is 0 Å². The van der Waals surface area contributed by atoms with Crippen molar-refractivity contribution >= 4 is 11.0 Å². The van der Waals surface area contributed by atoms with Crippen molar-refractivity contribution in [1.82, 2.24) is 9.55 Å². The molecule has 0 atom stereocenters. The van der Waals surface area contributed by atoms with Crippen molar-refractivity contribution in [3.63, 3.8) is 0 Å². The average Bonchev–Trinajstić information content (AvgIpc) is 2.79. The number of benzene rings is 1. The maximum Gasteiger partial charge on any atom is 0.161 e. The van der Waals surface area contributed by atoms with Gasteiger partial charge in [0.2, 0.25) is 0 Å². The molecule has 0 bridgehead atoms. The van der Waals surface area contributed by atoms with E-state index in [4.69, 9.17) is 9.47 Å².